The number of thiazole rings is 1. The summed E-state index contributed by atoms with van der Waals surface area (Å²) in [5.41, 5.74) is 2.42. The second-order valence-corrected chi connectivity index (χ2v) is 11.3. The zero-order valence-corrected chi connectivity index (χ0v) is 18.9. The van der Waals surface area contributed by atoms with E-state index in [4.69, 9.17) is 4.98 Å². The molecule has 2 aromatic carbocycles. The van der Waals surface area contributed by atoms with Gasteiger partial charge >= 0.3 is 0 Å². The van der Waals surface area contributed by atoms with Gasteiger partial charge in [0.1, 0.15) is 5.01 Å². The standard InChI is InChI=1S/C27H30N2OS/c1-17-18-11-21-13-19(17)14-22(12-18)27(21,20-7-3-2-4-8-20)15-25(30)28-16-26-29-23-9-5-6-10-24(23)31-26/h2-10,17-19,21-22H,11-16H2,1H3,(H,28,30). The van der Waals surface area contributed by atoms with Gasteiger partial charge in [-0.3, -0.25) is 4.79 Å². The molecule has 0 spiro atoms. The van der Waals surface area contributed by atoms with E-state index in [1.807, 2.05) is 18.2 Å². The van der Waals surface area contributed by atoms with Crippen molar-refractivity contribution >= 4 is 27.5 Å². The maximum absolute atomic E-state index is 13.3. The Hall–Kier alpha value is -2.20. The highest BCUT2D eigenvalue weighted by molar-refractivity contribution is 7.18. The number of rotatable bonds is 5. The lowest BCUT2D eigenvalue weighted by Gasteiger charge is -2.63. The summed E-state index contributed by atoms with van der Waals surface area (Å²) in [6, 6.07) is 19.2. The summed E-state index contributed by atoms with van der Waals surface area (Å²) in [5.74, 6) is 4.07. The summed E-state index contributed by atoms with van der Waals surface area (Å²) in [5, 5.41) is 4.22. The van der Waals surface area contributed by atoms with E-state index in [2.05, 4.69) is 48.6 Å². The smallest absolute Gasteiger partial charge is 0.221 e. The Morgan fingerprint density at radius 2 is 1.65 bits per heavy atom. The lowest BCUT2D eigenvalue weighted by molar-refractivity contribution is -0.133. The molecule has 0 aliphatic heterocycles. The van der Waals surface area contributed by atoms with Gasteiger partial charge in [-0.25, -0.2) is 4.98 Å². The van der Waals surface area contributed by atoms with Crippen LogP contribution in [0, 0.1) is 29.6 Å². The van der Waals surface area contributed by atoms with Crippen molar-refractivity contribution in [3.8, 4) is 0 Å². The first kappa shape index (κ1) is 19.5. The third-order valence-corrected chi connectivity index (χ3v) is 9.87. The molecule has 4 aliphatic rings. The highest BCUT2D eigenvalue weighted by Gasteiger charge is 2.60. The van der Waals surface area contributed by atoms with Crippen molar-refractivity contribution in [1.29, 1.82) is 0 Å². The highest BCUT2D eigenvalue weighted by atomic mass is 32.1. The molecule has 7 rings (SSSR count). The van der Waals surface area contributed by atoms with E-state index in [1.165, 1.54) is 35.9 Å². The van der Waals surface area contributed by atoms with Gasteiger partial charge in [0.15, 0.2) is 0 Å². The Bertz CT molecular complexity index is 1040. The molecule has 1 amide bonds. The van der Waals surface area contributed by atoms with Crippen LogP contribution in [0.1, 0.15) is 49.6 Å². The SMILES string of the molecule is CC1C2CC3CC1CC(C2)C3(CC(=O)NCc1nc2ccccc2s1)c1ccccc1. The second-order valence-electron chi connectivity index (χ2n) is 10.2. The lowest BCUT2D eigenvalue weighted by atomic mass is 9.41. The maximum Gasteiger partial charge on any atom is 0.221 e. The summed E-state index contributed by atoms with van der Waals surface area (Å²) >= 11 is 1.68. The molecule has 31 heavy (non-hydrogen) atoms. The molecule has 160 valence electrons. The van der Waals surface area contributed by atoms with Crippen LogP contribution in [0.5, 0.6) is 0 Å². The van der Waals surface area contributed by atoms with Crippen molar-refractivity contribution < 1.29 is 4.79 Å². The van der Waals surface area contributed by atoms with Crippen LogP contribution in [0.2, 0.25) is 0 Å². The molecular formula is C27H30N2OS. The number of benzene rings is 2. The van der Waals surface area contributed by atoms with Gasteiger partial charge in [0.05, 0.1) is 16.8 Å². The Morgan fingerprint density at radius 3 is 2.32 bits per heavy atom. The normalized spacial score (nSPS) is 33.6. The van der Waals surface area contributed by atoms with E-state index < -0.39 is 0 Å². The number of carbonyl (C=O) groups is 1. The molecule has 1 aromatic heterocycles. The molecule has 4 fully saturated rings. The molecule has 1 N–H and O–H groups in total. The monoisotopic (exact) mass is 430 g/mol. The van der Waals surface area contributed by atoms with Crippen LogP contribution >= 0.6 is 11.3 Å². The van der Waals surface area contributed by atoms with Crippen LogP contribution < -0.4 is 5.32 Å². The molecule has 4 bridgehead atoms. The Morgan fingerprint density at radius 1 is 1.00 bits per heavy atom. The fourth-order valence-electron chi connectivity index (χ4n) is 7.37. The first-order valence-corrected chi connectivity index (χ1v) is 12.6. The molecular weight excluding hydrogens is 400 g/mol. The third-order valence-electron chi connectivity index (χ3n) is 8.83. The minimum Gasteiger partial charge on any atom is -0.350 e. The molecule has 0 saturated heterocycles. The van der Waals surface area contributed by atoms with E-state index >= 15 is 0 Å². The van der Waals surface area contributed by atoms with Crippen molar-refractivity contribution in [2.75, 3.05) is 0 Å². The number of nitrogens with one attached hydrogen (secondary N) is 1. The number of hydrogen-bond acceptors (Lipinski definition) is 3. The largest absolute Gasteiger partial charge is 0.350 e. The summed E-state index contributed by atoms with van der Waals surface area (Å²) < 4.78 is 1.18. The Labute approximate surface area is 188 Å². The average Bonchev–Trinajstić information content (AvgIpc) is 3.20. The summed E-state index contributed by atoms with van der Waals surface area (Å²) in [4.78, 5) is 18.0. The number of para-hydroxylation sites is 1. The van der Waals surface area contributed by atoms with Crippen LogP contribution in [-0.4, -0.2) is 10.9 Å². The van der Waals surface area contributed by atoms with E-state index in [1.54, 1.807) is 11.3 Å². The van der Waals surface area contributed by atoms with Crippen molar-refractivity contribution in [2.45, 2.75) is 51.0 Å². The molecule has 0 unspecified atom stereocenters. The van der Waals surface area contributed by atoms with Crippen molar-refractivity contribution in [2.24, 2.45) is 29.6 Å². The van der Waals surface area contributed by atoms with Gasteiger partial charge < -0.3 is 5.32 Å². The highest BCUT2D eigenvalue weighted by Crippen LogP contribution is 2.65. The predicted octanol–water partition coefficient (Wildman–Crippen LogP) is 5.94. The molecule has 1 heterocycles. The van der Waals surface area contributed by atoms with E-state index in [0.717, 1.165) is 28.3 Å². The molecule has 3 aromatic rings. The molecule has 4 heteroatoms. The van der Waals surface area contributed by atoms with Crippen LogP contribution in [0.4, 0.5) is 0 Å². The number of hydrogen-bond donors (Lipinski definition) is 1. The van der Waals surface area contributed by atoms with Crippen LogP contribution in [-0.2, 0) is 16.8 Å². The minimum absolute atomic E-state index is 0.00603. The predicted molar refractivity (Wildman–Crippen MR) is 126 cm³/mol. The number of fused-ring (bicyclic) bond motifs is 1. The third kappa shape index (κ3) is 3.14. The number of carbonyl (C=O) groups excluding carboxylic acids is 1. The van der Waals surface area contributed by atoms with Crippen molar-refractivity contribution in [1.82, 2.24) is 10.3 Å². The van der Waals surface area contributed by atoms with Gasteiger partial charge in [-0.15, -0.1) is 11.3 Å². The molecule has 4 saturated carbocycles. The van der Waals surface area contributed by atoms with E-state index in [9.17, 15) is 4.79 Å². The minimum atomic E-state index is 0.00603. The first-order chi connectivity index (χ1) is 15.1. The van der Waals surface area contributed by atoms with Gasteiger partial charge in [-0.05, 0) is 73.0 Å². The maximum atomic E-state index is 13.3. The quantitative estimate of drug-likeness (QED) is 0.544. The molecule has 0 atom stereocenters. The van der Waals surface area contributed by atoms with Gasteiger partial charge in [0, 0.05) is 11.8 Å². The van der Waals surface area contributed by atoms with Gasteiger partial charge in [-0.2, -0.15) is 0 Å². The summed E-state index contributed by atoms with van der Waals surface area (Å²) in [6.07, 6.45) is 5.82. The molecule has 0 radical (unpaired) electrons. The Kier molecular flexibility index (Phi) is 4.68. The summed E-state index contributed by atoms with van der Waals surface area (Å²) in [7, 11) is 0. The van der Waals surface area contributed by atoms with Crippen LogP contribution in [0.25, 0.3) is 10.2 Å². The van der Waals surface area contributed by atoms with Gasteiger partial charge in [0.2, 0.25) is 5.91 Å². The van der Waals surface area contributed by atoms with Crippen LogP contribution in [0.3, 0.4) is 0 Å². The Balaban J connectivity index is 1.25. The van der Waals surface area contributed by atoms with Gasteiger partial charge in [0.25, 0.3) is 0 Å². The number of aromatic nitrogens is 1. The zero-order valence-electron chi connectivity index (χ0n) is 18.1. The zero-order chi connectivity index (χ0) is 21.0. The molecule has 3 nitrogen and oxygen atoms in total. The van der Waals surface area contributed by atoms with Crippen LogP contribution in [0.15, 0.2) is 54.6 Å². The number of nitrogens with zero attached hydrogens (tertiary/aromatic N) is 1. The molecule has 4 aliphatic carbocycles. The topological polar surface area (TPSA) is 42.0 Å². The first-order valence-electron chi connectivity index (χ1n) is 11.8. The average molecular weight is 431 g/mol. The summed E-state index contributed by atoms with van der Waals surface area (Å²) in [6.45, 7) is 3.00. The van der Waals surface area contributed by atoms with Crippen molar-refractivity contribution in [3.05, 3.63) is 65.2 Å². The fraction of sp³-hybridized carbons (Fsp3) is 0.481. The van der Waals surface area contributed by atoms with Gasteiger partial charge in [-0.1, -0.05) is 49.4 Å². The van der Waals surface area contributed by atoms with Crippen molar-refractivity contribution in [3.63, 3.8) is 0 Å². The van der Waals surface area contributed by atoms with E-state index in [0.29, 0.717) is 24.8 Å². The lowest BCUT2D eigenvalue weighted by Crippen LogP contribution is -2.59. The van der Waals surface area contributed by atoms with E-state index in [-0.39, 0.29) is 11.3 Å². The second kappa shape index (κ2) is 7.44. The fourth-order valence-corrected chi connectivity index (χ4v) is 8.28. The number of amides is 1.